The number of hydrogen-bond donors (Lipinski definition) is 3. The first-order valence-electron chi connectivity index (χ1n) is 6.25. The van der Waals surface area contributed by atoms with E-state index in [-0.39, 0.29) is 12.1 Å². The first-order valence-corrected chi connectivity index (χ1v) is 6.25. The molecule has 0 amide bonds. The molecule has 2 heterocycles. The molecule has 4 N–H and O–H groups in total. The van der Waals surface area contributed by atoms with E-state index in [0.717, 1.165) is 5.82 Å². The van der Waals surface area contributed by atoms with Crippen molar-refractivity contribution in [1.29, 1.82) is 0 Å². The van der Waals surface area contributed by atoms with Crippen LogP contribution in [-0.2, 0) is 0 Å². The summed E-state index contributed by atoms with van der Waals surface area (Å²) in [7, 11) is 0. The number of rotatable bonds is 5. The van der Waals surface area contributed by atoms with Crippen molar-refractivity contribution in [3.8, 4) is 5.88 Å². The summed E-state index contributed by atoms with van der Waals surface area (Å²) < 4.78 is 5.56. The number of aromatic amines is 1. The largest absolute Gasteiger partial charge is 0.473 e. The Balaban J connectivity index is 2.12. The second-order valence-electron chi connectivity index (χ2n) is 4.60. The number of imidazole rings is 1. The SMILES string of the molecule is CC(C)Oc1nc(NC(C)c2ncc[nH]2)ccc1N. The Morgan fingerprint density at radius 3 is 2.74 bits per heavy atom. The summed E-state index contributed by atoms with van der Waals surface area (Å²) in [6.07, 6.45) is 3.54. The second kappa shape index (κ2) is 5.60. The van der Waals surface area contributed by atoms with Crippen molar-refractivity contribution in [2.24, 2.45) is 0 Å². The molecule has 0 aliphatic rings. The number of H-pyrrole nitrogens is 1. The van der Waals surface area contributed by atoms with Gasteiger partial charge in [0.05, 0.1) is 17.8 Å². The van der Waals surface area contributed by atoms with E-state index in [0.29, 0.717) is 17.4 Å². The molecule has 0 aromatic carbocycles. The van der Waals surface area contributed by atoms with E-state index >= 15 is 0 Å². The second-order valence-corrected chi connectivity index (χ2v) is 4.60. The number of nitrogen functional groups attached to an aromatic ring is 1. The standard InChI is InChI=1S/C13H19N5O/c1-8(2)19-13-10(14)4-5-11(18-13)17-9(3)12-15-6-7-16-12/h4-9H,14H2,1-3H3,(H,15,16)(H,17,18). The number of aromatic nitrogens is 3. The van der Waals surface area contributed by atoms with E-state index in [2.05, 4.69) is 20.3 Å². The van der Waals surface area contributed by atoms with Crippen molar-refractivity contribution in [3.05, 3.63) is 30.4 Å². The Morgan fingerprint density at radius 1 is 1.32 bits per heavy atom. The monoisotopic (exact) mass is 261 g/mol. The lowest BCUT2D eigenvalue weighted by Gasteiger charge is -2.15. The number of nitrogens with one attached hydrogen (secondary N) is 2. The Labute approximate surface area is 112 Å². The van der Waals surface area contributed by atoms with Crippen LogP contribution in [0.25, 0.3) is 0 Å². The zero-order valence-electron chi connectivity index (χ0n) is 11.3. The van der Waals surface area contributed by atoms with Crippen LogP contribution >= 0.6 is 0 Å². The number of nitrogens with two attached hydrogens (primary N) is 1. The smallest absolute Gasteiger partial charge is 0.239 e. The highest BCUT2D eigenvalue weighted by Crippen LogP contribution is 2.23. The Bertz CT molecular complexity index is 524. The highest BCUT2D eigenvalue weighted by Gasteiger charge is 2.11. The molecule has 0 fully saturated rings. The van der Waals surface area contributed by atoms with E-state index in [4.69, 9.17) is 10.5 Å². The fraction of sp³-hybridized carbons (Fsp3) is 0.385. The summed E-state index contributed by atoms with van der Waals surface area (Å²) in [6, 6.07) is 3.63. The number of nitrogens with zero attached hydrogens (tertiary/aromatic N) is 2. The molecule has 0 saturated carbocycles. The van der Waals surface area contributed by atoms with Crippen molar-refractivity contribution in [2.75, 3.05) is 11.1 Å². The highest BCUT2D eigenvalue weighted by molar-refractivity contribution is 5.54. The predicted molar refractivity (Wildman–Crippen MR) is 75.0 cm³/mol. The van der Waals surface area contributed by atoms with E-state index in [1.165, 1.54) is 0 Å². The lowest BCUT2D eigenvalue weighted by Crippen LogP contribution is -2.12. The topological polar surface area (TPSA) is 88.8 Å². The summed E-state index contributed by atoms with van der Waals surface area (Å²) in [5, 5.41) is 3.24. The molecule has 0 aliphatic carbocycles. The highest BCUT2D eigenvalue weighted by atomic mass is 16.5. The predicted octanol–water partition coefficient (Wildman–Crippen LogP) is 2.35. The van der Waals surface area contributed by atoms with E-state index in [1.807, 2.05) is 26.8 Å². The maximum atomic E-state index is 5.83. The number of ether oxygens (including phenoxy) is 1. The minimum Gasteiger partial charge on any atom is -0.473 e. The molecule has 1 unspecified atom stereocenters. The first-order chi connectivity index (χ1) is 9.06. The Hall–Kier alpha value is -2.24. The van der Waals surface area contributed by atoms with Gasteiger partial charge < -0.3 is 20.8 Å². The fourth-order valence-electron chi connectivity index (χ4n) is 1.65. The molecule has 1 atom stereocenters. The van der Waals surface area contributed by atoms with E-state index in [9.17, 15) is 0 Å². The summed E-state index contributed by atoms with van der Waals surface area (Å²) in [6.45, 7) is 5.87. The van der Waals surface area contributed by atoms with Crippen LogP contribution in [0.1, 0.15) is 32.6 Å². The molecular weight excluding hydrogens is 242 g/mol. The number of pyridine rings is 1. The summed E-state index contributed by atoms with van der Waals surface area (Å²) >= 11 is 0. The van der Waals surface area contributed by atoms with Gasteiger partial charge in [0, 0.05) is 12.4 Å². The maximum Gasteiger partial charge on any atom is 0.239 e. The quantitative estimate of drug-likeness (QED) is 0.768. The molecule has 6 nitrogen and oxygen atoms in total. The van der Waals surface area contributed by atoms with Gasteiger partial charge >= 0.3 is 0 Å². The van der Waals surface area contributed by atoms with Gasteiger partial charge in [-0.2, -0.15) is 4.98 Å². The van der Waals surface area contributed by atoms with Crippen LogP contribution in [0.5, 0.6) is 5.88 Å². The van der Waals surface area contributed by atoms with Crippen LogP contribution in [0.15, 0.2) is 24.5 Å². The van der Waals surface area contributed by atoms with Crippen LogP contribution < -0.4 is 15.8 Å². The Morgan fingerprint density at radius 2 is 2.11 bits per heavy atom. The minimum absolute atomic E-state index is 0.0259. The minimum atomic E-state index is 0.0259. The fourth-order valence-corrected chi connectivity index (χ4v) is 1.65. The van der Waals surface area contributed by atoms with Gasteiger partial charge in [0.15, 0.2) is 0 Å². The molecule has 0 bridgehead atoms. The zero-order valence-corrected chi connectivity index (χ0v) is 11.3. The summed E-state index contributed by atoms with van der Waals surface area (Å²) in [4.78, 5) is 11.6. The molecule has 0 spiro atoms. The average Bonchev–Trinajstić information content (AvgIpc) is 2.86. The van der Waals surface area contributed by atoms with Crippen LogP contribution in [-0.4, -0.2) is 21.1 Å². The van der Waals surface area contributed by atoms with Gasteiger partial charge in [0.1, 0.15) is 11.6 Å². The third-order valence-corrected chi connectivity index (χ3v) is 2.53. The first kappa shape index (κ1) is 13.2. The zero-order chi connectivity index (χ0) is 13.8. The van der Waals surface area contributed by atoms with Crippen molar-refractivity contribution >= 4 is 11.5 Å². The third kappa shape index (κ3) is 3.37. The third-order valence-electron chi connectivity index (χ3n) is 2.53. The van der Waals surface area contributed by atoms with Crippen molar-refractivity contribution in [3.63, 3.8) is 0 Å². The molecule has 2 rings (SSSR count). The normalized spacial score (nSPS) is 12.4. The van der Waals surface area contributed by atoms with Gasteiger partial charge in [-0.25, -0.2) is 4.98 Å². The van der Waals surface area contributed by atoms with Crippen molar-refractivity contribution < 1.29 is 4.74 Å². The van der Waals surface area contributed by atoms with Gasteiger partial charge in [0.25, 0.3) is 0 Å². The summed E-state index contributed by atoms with van der Waals surface area (Å²) in [5.74, 6) is 2.00. The number of hydrogen-bond acceptors (Lipinski definition) is 5. The lowest BCUT2D eigenvalue weighted by atomic mass is 10.3. The van der Waals surface area contributed by atoms with Crippen molar-refractivity contribution in [1.82, 2.24) is 15.0 Å². The van der Waals surface area contributed by atoms with Crippen LogP contribution in [0, 0.1) is 0 Å². The molecule has 6 heteroatoms. The van der Waals surface area contributed by atoms with Crippen LogP contribution in [0.2, 0.25) is 0 Å². The molecule has 2 aromatic heterocycles. The van der Waals surface area contributed by atoms with Crippen LogP contribution in [0.3, 0.4) is 0 Å². The average molecular weight is 261 g/mol. The van der Waals surface area contributed by atoms with Gasteiger partial charge in [-0.3, -0.25) is 0 Å². The molecule has 0 radical (unpaired) electrons. The van der Waals surface area contributed by atoms with E-state index in [1.54, 1.807) is 18.5 Å². The Kier molecular flexibility index (Phi) is 3.89. The van der Waals surface area contributed by atoms with E-state index < -0.39 is 0 Å². The molecule has 2 aromatic rings. The molecule has 19 heavy (non-hydrogen) atoms. The van der Waals surface area contributed by atoms with Crippen LogP contribution in [0.4, 0.5) is 11.5 Å². The molecular formula is C13H19N5O. The summed E-state index contributed by atoms with van der Waals surface area (Å²) in [5.41, 5.74) is 6.36. The van der Waals surface area contributed by atoms with Gasteiger partial charge in [0.2, 0.25) is 5.88 Å². The molecule has 102 valence electrons. The van der Waals surface area contributed by atoms with Gasteiger partial charge in [-0.15, -0.1) is 0 Å². The molecule has 0 saturated heterocycles. The van der Waals surface area contributed by atoms with Crippen molar-refractivity contribution in [2.45, 2.75) is 32.9 Å². The van der Waals surface area contributed by atoms with Gasteiger partial charge in [-0.05, 0) is 32.9 Å². The number of anilines is 2. The van der Waals surface area contributed by atoms with Gasteiger partial charge in [-0.1, -0.05) is 0 Å². The molecule has 0 aliphatic heterocycles. The maximum absolute atomic E-state index is 5.83. The lowest BCUT2D eigenvalue weighted by molar-refractivity contribution is 0.234.